The van der Waals surface area contributed by atoms with Gasteiger partial charge in [-0.2, -0.15) is 9.78 Å². The minimum absolute atomic E-state index is 0.0189. The molecule has 7 nitrogen and oxygen atoms in total. The lowest BCUT2D eigenvalue weighted by Crippen LogP contribution is -2.51. The largest absolute Gasteiger partial charge is 0.438 e. The molecule has 0 unspecified atom stereocenters. The van der Waals surface area contributed by atoms with Gasteiger partial charge in [0, 0.05) is 0 Å². The second-order valence-corrected chi connectivity index (χ2v) is 6.67. The highest BCUT2D eigenvalue weighted by Gasteiger charge is 2.28. The van der Waals surface area contributed by atoms with Crippen molar-refractivity contribution >= 4 is 35.2 Å². The predicted octanol–water partition coefficient (Wildman–Crippen LogP) is 2.89. The van der Waals surface area contributed by atoms with E-state index in [0.717, 1.165) is 5.69 Å². The zero-order valence-corrected chi connectivity index (χ0v) is 16.2. The number of rotatable bonds is 4. The van der Waals surface area contributed by atoms with Crippen molar-refractivity contribution in [3.8, 4) is 17.3 Å². The molecule has 0 radical (unpaired) electrons. The Bertz CT molecular complexity index is 1120. The fourth-order valence-corrected chi connectivity index (χ4v) is 3.06. The normalized spacial score (nSPS) is 13.7. The summed E-state index contributed by atoms with van der Waals surface area (Å²) in [6.45, 7) is 1.78. The number of carbonyl (C=O) groups is 2. The van der Waals surface area contributed by atoms with E-state index in [0.29, 0.717) is 22.9 Å². The summed E-state index contributed by atoms with van der Waals surface area (Å²) >= 11 is 4.85. The first-order valence-corrected chi connectivity index (χ1v) is 9.20. The lowest BCUT2D eigenvalue weighted by atomic mass is 10.1. The summed E-state index contributed by atoms with van der Waals surface area (Å²) in [6, 6.07) is 18.7. The molecule has 2 amide bonds. The van der Waals surface area contributed by atoms with Gasteiger partial charge < -0.3 is 4.74 Å². The molecular weight excluding hydrogens is 388 g/mol. The van der Waals surface area contributed by atoms with Crippen molar-refractivity contribution < 1.29 is 14.3 Å². The summed E-state index contributed by atoms with van der Waals surface area (Å²) < 4.78 is 7.75. The Morgan fingerprint density at radius 2 is 1.55 bits per heavy atom. The van der Waals surface area contributed by atoms with E-state index in [2.05, 4.69) is 15.7 Å². The first-order valence-electron chi connectivity index (χ1n) is 8.79. The molecule has 1 saturated heterocycles. The second-order valence-electron chi connectivity index (χ2n) is 6.26. The number of para-hydroxylation sites is 2. The van der Waals surface area contributed by atoms with E-state index in [4.69, 9.17) is 17.0 Å². The Kier molecular flexibility index (Phi) is 4.92. The Morgan fingerprint density at radius 3 is 2.17 bits per heavy atom. The first kappa shape index (κ1) is 18.6. The molecule has 1 aromatic heterocycles. The van der Waals surface area contributed by atoms with Gasteiger partial charge in [0.2, 0.25) is 5.88 Å². The summed E-state index contributed by atoms with van der Waals surface area (Å²) in [5.41, 5.74) is 1.82. The molecule has 0 atom stereocenters. The van der Waals surface area contributed by atoms with Crippen molar-refractivity contribution in [2.24, 2.45) is 0 Å². The van der Waals surface area contributed by atoms with Crippen LogP contribution in [0.2, 0.25) is 0 Å². The lowest BCUT2D eigenvalue weighted by molar-refractivity contribution is -0.123. The predicted molar refractivity (Wildman–Crippen MR) is 112 cm³/mol. The second kappa shape index (κ2) is 7.69. The van der Waals surface area contributed by atoms with Gasteiger partial charge in [-0.1, -0.05) is 36.4 Å². The van der Waals surface area contributed by atoms with Crippen LogP contribution in [0, 0.1) is 6.92 Å². The average Bonchev–Trinajstić information content (AvgIpc) is 3.01. The van der Waals surface area contributed by atoms with E-state index in [1.54, 1.807) is 11.6 Å². The molecule has 0 spiro atoms. The molecule has 2 heterocycles. The van der Waals surface area contributed by atoms with Gasteiger partial charge in [-0.15, -0.1) is 0 Å². The molecule has 29 heavy (non-hydrogen) atoms. The molecule has 0 bridgehead atoms. The number of amides is 2. The van der Waals surface area contributed by atoms with E-state index >= 15 is 0 Å². The van der Waals surface area contributed by atoms with Crippen LogP contribution < -0.4 is 15.4 Å². The van der Waals surface area contributed by atoms with E-state index in [-0.39, 0.29) is 10.7 Å². The third-order valence-electron chi connectivity index (χ3n) is 4.25. The van der Waals surface area contributed by atoms with Crippen LogP contribution in [-0.4, -0.2) is 26.7 Å². The topological polar surface area (TPSA) is 85.2 Å². The van der Waals surface area contributed by atoms with Gasteiger partial charge in [0.25, 0.3) is 11.8 Å². The molecule has 1 aliphatic heterocycles. The maximum atomic E-state index is 12.3. The number of nitrogens with zero attached hydrogens (tertiary/aromatic N) is 2. The molecule has 2 N–H and O–H groups in total. The number of benzene rings is 2. The van der Waals surface area contributed by atoms with Crippen LogP contribution in [-0.2, 0) is 9.59 Å². The Labute approximate surface area is 172 Å². The van der Waals surface area contributed by atoms with Crippen molar-refractivity contribution in [3.05, 3.63) is 77.5 Å². The minimum Gasteiger partial charge on any atom is -0.438 e. The third-order valence-corrected chi connectivity index (χ3v) is 4.46. The molecule has 144 valence electrons. The van der Waals surface area contributed by atoms with Gasteiger partial charge in [-0.05, 0) is 49.5 Å². The van der Waals surface area contributed by atoms with E-state index in [1.165, 1.54) is 6.08 Å². The highest BCUT2D eigenvalue weighted by molar-refractivity contribution is 7.80. The third kappa shape index (κ3) is 3.78. The maximum absolute atomic E-state index is 12.3. The van der Waals surface area contributed by atoms with Gasteiger partial charge in [0.05, 0.1) is 16.9 Å². The average molecular weight is 404 g/mol. The van der Waals surface area contributed by atoms with Crippen LogP contribution in [0.3, 0.4) is 0 Å². The smallest absolute Gasteiger partial charge is 0.263 e. The quantitative estimate of drug-likeness (QED) is 0.397. The number of aromatic nitrogens is 2. The van der Waals surface area contributed by atoms with Gasteiger partial charge >= 0.3 is 0 Å². The van der Waals surface area contributed by atoms with Gasteiger partial charge in [0.15, 0.2) is 5.11 Å². The highest BCUT2D eigenvalue weighted by atomic mass is 32.1. The number of carbonyl (C=O) groups excluding carboxylic acids is 2. The van der Waals surface area contributed by atoms with Crippen molar-refractivity contribution in [2.45, 2.75) is 6.92 Å². The van der Waals surface area contributed by atoms with Crippen molar-refractivity contribution in [3.63, 3.8) is 0 Å². The fraction of sp³-hybridized carbons (Fsp3) is 0.0476. The molecule has 8 heteroatoms. The number of hydrogen-bond acceptors (Lipinski definition) is 5. The van der Waals surface area contributed by atoms with Crippen LogP contribution in [0.25, 0.3) is 11.8 Å². The van der Waals surface area contributed by atoms with E-state index in [1.807, 2.05) is 60.7 Å². The molecule has 2 aromatic carbocycles. The van der Waals surface area contributed by atoms with Crippen molar-refractivity contribution in [1.82, 2.24) is 20.4 Å². The summed E-state index contributed by atoms with van der Waals surface area (Å²) in [5, 5.41) is 9.41. The molecule has 3 aromatic rings. The molecule has 0 aliphatic carbocycles. The summed E-state index contributed by atoms with van der Waals surface area (Å²) in [4.78, 5) is 24.6. The zero-order valence-electron chi connectivity index (χ0n) is 15.4. The highest BCUT2D eigenvalue weighted by Crippen LogP contribution is 2.32. The zero-order chi connectivity index (χ0) is 20.4. The molecule has 1 fully saturated rings. The summed E-state index contributed by atoms with van der Waals surface area (Å²) in [6.07, 6.45) is 1.46. The number of thiocarbonyl (C=S) groups is 1. The standard InChI is InChI=1S/C21H16N4O3S/c1-13-16(12-17-18(26)22-21(29)23-19(17)27)20(28-15-10-6-3-7-11-15)25(24-13)14-8-4-2-5-9-14/h2-12H,1H3,(H2,22,23,26,27,29). The van der Waals surface area contributed by atoms with Gasteiger partial charge in [-0.25, -0.2) is 0 Å². The summed E-state index contributed by atoms with van der Waals surface area (Å²) in [5.74, 6) is -0.156. The molecular formula is C21H16N4O3S. The minimum atomic E-state index is -0.573. The van der Waals surface area contributed by atoms with Crippen LogP contribution in [0.1, 0.15) is 11.3 Å². The fourth-order valence-electron chi connectivity index (χ4n) is 2.88. The van der Waals surface area contributed by atoms with Crippen molar-refractivity contribution in [2.75, 3.05) is 0 Å². The monoisotopic (exact) mass is 404 g/mol. The van der Waals surface area contributed by atoms with Crippen LogP contribution in [0.15, 0.2) is 66.2 Å². The van der Waals surface area contributed by atoms with E-state index in [9.17, 15) is 9.59 Å². The van der Waals surface area contributed by atoms with Gasteiger partial charge in [-0.3, -0.25) is 20.2 Å². The Hall–Kier alpha value is -3.78. The van der Waals surface area contributed by atoms with Gasteiger partial charge in [0.1, 0.15) is 11.3 Å². The SMILES string of the molecule is Cc1nn(-c2ccccc2)c(Oc2ccccc2)c1C=C1C(=O)NC(=S)NC1=O. The van der Waals surface area contributed by atoms with Crippen molar-refractivity contribution in [1.29, 1.82) is 0 Å². The van der Waals surface area contributed by atoms with Crippen LogP contribution in [0.4, 0.5) is 0 Å². The van der Waals surface area contributed by atoms with Crippen LogP contribution in [0.5, 0.6) is 11.6 Å². The Balaban J connectivity index is 1.86. The number of ether oxygens (including phenoxy) is 1. The Morgan fingerprint density at radius 1 is 0.966 bits per heavy atom. The van der Waals surface area contributed by atoms with Crippen LogP contribution >= 0.6 is 12.2 Å². The number of aryl methyl sites for hydroxylation is 1. The lowest BCUT2D eigenvalue weighted by Gasteiger charge is -2.16. The molecule has 4 rings (SSSR count). The first-order chi connectivity index (χ1) is 14.0. The maximum Gasteiger partial charge on any atom is 0.263 e. The summed E-state index contributed by atoms with van der Waals surface area (Å²) in [7, 11) is 0. The van der Waals surface area contributed by atoms with E-state index < -0.39 is 11.8 Å². The molecule has 0 saturated carbocycles. The number of hydrogen-bond donors (Lipinski definition) is 2. The molecule has 1 aliphatic rings. The number of nitrogens with one attached hydrogen (secondary N) is 2.